The first-order valence-corrected chi connectivity index (χ1v) is 8.80. The highest BCUT2D eigenvalue weighted by Gasteiger charge is 2.27. The monoisotopic (exact) mass is 460 g/mol. The number of hydrogen-bond donors (Lipinski definition) is 1. The summed E-state index contributed by atoms with van der Waals surface area (Å²) in [4.78, 5) is 22.2. The second-order valence-corrected chi connectivity index (χ2v) is 6.33. The lowest BCUT2D eigenvalue weighted by Crippen LogP contribution is -2.27. The van der Waals surface area contributed by atoms with Gasteiger partial charge in [0.05, 0.1) is 23.4 Å². The van der Waals surface area contributed by atoms with E-state index in [0.717, 1.165) is 0 Å². The number of rotatable bonds is 8. The van der Waals surface area contributed by atoms with Crippen LogP contribution in [0.25, 0.3) is 0 Å². The number of nitro groups is 1. The van der Waals surface area contributed by atoms with Gasteiger partial charge < -0.3 is 24.6 Å². The second-order valence-electron chi connectivity index (χ2n) is 6.33. The summed E-state index contributed by atoms with van der Waals surface area (Å²) in [6.45, 7) is 1.05. The van der Waals surface area contributed by atoms with Crippen LogP contribution in [0, 0.1) is 46.1 Å². The van der Waals surface area contributed by atoms with E-state index in [2.05, 4.69) is 15.2 Å². The molecule has 0 saturated heterocycles. The molecule has 3 aromatic rings. The van der Waals surface area contributed by atoms with Crippen LogP contribution in [0.5, 0.6) is 5.75 Å². The molecule has 14 heteroatoms. The van der Waals surface area contributed by atoms with Crippen LogP contribution in [0.4, 0.5) is 27.8 Å². The van der Waals surface area contributed by atoms with E-state index in [4.69, 9.17) is 4.42 Å². The molecule has 0 spiro atoms. The van der Waals surface area contributed by atoms with E-state index in [9.17, 15) is 36.9 Å². The Morgan fingerprint density at radius 2 is 1.78 bits per heavy atom. The summed E-state index contributed by atoms with van der Waals surface area (Å²) in [6.07, 6.45) is 0. The Kier molecular flexibility index (Phi) is 6.41. The number of nitrogens with one attached hydrogen (secondary N) is 1. The zero-order valence-corrected chi connectivity index (χ0v) is 16.1. The molecule has 0 aliphatic carbocycles. The largest absolute Gasteiger partial charge is 0.479 e. The Morgan fingerprint density at radius 3 is 2.38 bits per heavy atom. The van der Waals surface area contributed by atoms with Crippen LogP contribution in [0.2, 0.25) is 0 Å². The predicted octanol–water partition coefficient (Wildman–Crippen LogP) is 3.40. The van der Waals surface area contributed by atoms with Crippen molar-refractivity contribution in [3.05, 3.63) is 74.6 Å². The maximum absolute atomic E-state index is 13.6. The van der Waals surface area contributed by atoms with Crippen LogP contribution in [-0.4, -0.2) is 27.2 Å². The number of carbonyl (C=O) groups is 1. The number of carbonyl (C=O) groups excluding carboxylic acids is 1. The zero-order valence-electron chi connectivity index (χ0n) is 16.1. The molecule has 0 atom stereocenters. The van der Waals surface area contributed by atoms with Gasteiger partial charge in [0.25, 0.3) is 5.91 Å². The molecule has 2 aromatic heterocycles. The SMILES string of the molecule is Cc1cc([N+](=O)[O-])nn1CCNC(=O)c1ccc(COc2c(F)c(F)c(F)c(F)c2F)o1. The number of aromatic nitrogens is 2. The molecule has 0 radical (unpaired) electrons. The van der Waals surface area contributed by atoms with Gasteiger partial charge in [0.1, 0.15) is 12.4 Å². The van der Waals surface area contributed by atoms with Crippen molar-refractivity contribution < 1.29 is 40.8 Å². The van der Waals surface area contributed by atoms with Gasteiger partial charge in [0, 0.05) is 6.54 Å². The van der Waals surface area contributed by atoms with Gasteiger partial charge >= 0.3 is 5.82 Å². The van der Waals surface area contributed by atoms with Gasteiger partial charge in [-0.1, -0.05) is 0 Å². The third-order valence-corrected chi connectivity index (χ3v) is 4.18. The molecule has 170 valence electrons. The van der Waals surface area contributed by atoms with E-state index < -0.39 is 52.3 Å². The average molecular weight is 460 g/mol. The number of ether oxygens (including phenoxy) is 1. The normalized spacial score (nSPS) is 10.9. The summed E-state index contributed by atoms with van der Waals surface area (Å²) >= 11 is 0. The van der Waals surface area contributed by atoms with Crippen molar-refractivity contribution in [1.29, 1.82) is 0 Å². The molecule has 1 N–H and O–H groups in total. The van der Waals surface area contributed by atoms with Crippen LogP contribution in [0.15, 0.2) is 22.6 Å². The molecule has 0 fully saturated rings. The standard InChI is InChI=1S/C18H13F5N4O5/c1-8-6-11(27(29)30)25-26(8)5-4-24-18(28)10-3-2-9(32-10)7-31-17-15(22)13(20)12(19)14(21)16(17)23/h2-3,6H,4-5,7H2,1H3,(H,24,28). The molecule has 1 aromatic carbocycles. The lowest BCUT2D eigenvalue weighted by molar-refractivity contribution is -0.389. The van der Waals surface area contributed by atoms with Gasteiger partial charge in [-0.25, -0.2) is 13.2 Å². The summed E-state index contributed by atoms with van der Waals surface area (Å²) in [7, 11) is 0. The Balaban J connectivity index is 1.58. The van der Waals surface area contributed by atoms with Gasteiger partial charge in [0.2, 0.25) is 29.1 Å². The summed E-state index contributed by atoms with van der Waals surface area (Å²) in [6, 6.07) is 3.68. The van der Waals surface area contributed by atoms with Crippen molar-refractivity contribution in [2.45, 2.75) is 20.1 Å². The predicted molar refractivity (Wildman–Crippen MR) is 95.2 cm³/mol. The minimum Gasteiger partial charge on any atom is -0.479 e. The Bertz CT molecular complexity index is 1160. The number of amides is 1. The van der Waals surface area contributed by atoms with E-state index >= 15 is 0 Å². The number of benzene rings is 1. The van der Waals surface area contributed by atoms with Gasteiger partial charge in [-0.3, -0.25) is 4.79 Å². The summed E-state index contributed by atoms with van der Waals surface area (Å²) in [5, 5.41) is 16.9. The fraction of sp³-hybridized carbons (Fsp3) is 0.222. The molecular formula is C18H13F5N4O5. The lowest BCUT2D eigenvalue weighted by Gasteiger charge is -2.09. The zero-order chi connectivity index (χ0) is 23.6. The molecule has 9 nitrogen and oxygen atoms in total. The van der Waals surface area contributed by atoms with Crippen LogP contribution in [0.3, 0.4) is 0 Å². The fourth-order valence-corrected chi connectivity index (χ4v) is 2.60. The molecule has 0 aliphatic rings. The highest BCUT2D eigenvalue weighted by atomic mass is 19.2. The number of hydrogen-bond acceptors (Lipinski definition) is 6. The smallest absolute Gasteiger partial charge is 0.390 e. The Labute approximate surface area is 175 Å². The van der Waals surface area contributed by atoms with Crippen LogP contribution in [0.1, 0.15) is 22.0 Å². The van der Waals surface area contributed by atoms with E-state index in [-0.39, 0.29) is 30.4 Å². The van der Waals surface area contributed by atoms with Crippen LogP contribution >= 0.6 is 0 Å². The van der Waals surface area contributed by atoms with Gasteiger partial charge in [-0.2, -0.15) is 13.5 Å². The Morgan fingerprint density at radius 1 is 1.16 bits per heavy atom. The highest BCUT2D eigenvalue weighted by molar-refractivity contribution is 5.91. The third-order valence-electron chi connectivity index (χ3n) is 4.18. The van der Waals surface area contributed by atoms with Crippen LogP contribution in [-0.2, 0) is 13.2 Å². The summed E-state index contributed by atoms with van der Waals surface area (Å²) < 4.78 is 77.7. The molecule has 1 amide bonds. The van der Waals surface area contributed by atoms with Crippen LogP contribution < -0.4 is 10.1 Å². The minimum absolute atomic E-state index is 0.0373. The maximum atomic E-state index is 13.6. The first-order chi connectivity index (χ1) is 15.1. The molecule has 3 rings (SSSR count). The molecule has 32 heavy (non-hydrogen) atoms. The molecule has 0 aliphatic heterocycles. The maximum Gasteiger partial charge on any atom is 0.390 e. The quantitative estimate of drug-likeness (QED) is 0.181. The second kappa shape index (κ2) is 9.03. The average Bonchev–Trinajstić information content (AvgIpc) is 3.38. The molecular weight excluding hydrogens is 447 g/mol. The molecule has 0 bridgehead atoms. The number of furan rings is 1. The van der Waals surface area contributed by atoms with Crippen molar-refractivity contribution in [2.75, 3.05) is 6.54 Å². The van der Waals surface area contributed by atoms with Crippen molar-refractivity contribution in [1.82, 2.24) is 15.1 Å². The molecule has 0 unspecified atom stereocenters. The van der Waals surface area contributed by atoms with E-state index in [1.165, 1.54) is 22.9 Å². The number of halogens is 5. The topological polar surface area (TPSA) is 112 Å². The third kappa shape index (κ3) is 4.53. The fourth-order valence-electron chi connectivity index (χ4n) is 2.60. The molecule has 2 heterocycles. The summed E-state index contributed by atoms with van der Waals surface area (Å²) in [5.41, 5.74) is 0.511. The van der Waals surface area contributed by atoms with E-state index in [0.29, 0.717) is 5.69 Å². The minimum atomic E-state index is -2.32. The number of nitrogens with zero attached hydrogens (tertiary/aromatic N) is 3. The Hall–Kier alpha value is -3.97. The van der Waals surface area contributed by atoms with Gasteiger partial charge in [-0.15, -0.1) is 0 Å². The first kappa shape index (κ1) is 22.7. The van der Waals surface area contributed by atoms with Gasteiger partial charge in [0.15, 0.2) is 11.5 Å². The lowest BCUT2D eigenvalue weighted by atomic mass is 10.2. The van der Waals surface area contributed by atoms with E-state index in [1.54, 1.807) is 6.92 Å². The van der Waals surface area contributed by atoms with Crippen molar-refractivity contribution in [2.24, 2.45) is 0 Å². The van der Waals surface area contributed by atoms with Crippen molar-refractivity contribution in [3.8, 4) is 5.75 Å². The molecule has 0 saturated carbocycles. The first-order valence-electron chi connectivity index (χ1n) is 8.80. The number of aryl methyl sites for hydroxylation is 1. The van der Waals surface area contributed by atoms with Crippen molar-refractivity contribution in [3.63, 3.8) is 0 Å². The van der Waals surface area contributed by atoms with E-state index in [1.807, 2.05) is 0 Å². The van der Waals surface area contributed by atoms with Crippen molar-refractivity contribution >= 4 is 11.7 Å². The highest BCUT2D eigenvalue weighted by Crippen LogP contribution is 2.29. The summed E-state index contributed by atoms with van der Waals surface area (Å²) in [5.74, 6) is -13.8. The van der Waals surface area contributed by atoms with Gasteiger partial charge in [-0.05, 0) is 24.0 Å².